The normalized spacial score (nSPS) is 10.8. The molecule has 16 heavy (non-hydrogen) atoms. The van der Waals surface area contributed by atoms with Gasteiger partial charge in [0.15, 0.2) is 0 Å². The van der Waals surface area contributed by atoms with E-state index >= 15 is 0 Å². The van der Waals surface area contributed by atoms with Crippen LogP contribution in [0.2, 0.25) is 0 Å². The van der Waals surface area contributed by atoms with Crippen LogP contribution in [0.5, 0.6) is 0 Å². The van der Waals surface area contributed by atoms with Crippen LogP contribution in [0.3, 0.4) is 0 Å². The zero-order chi connectivity index (χ0) is 11.2. The van der Waals surface area contributed by atoms with E-state index in [4.69, 9.17) is 0 Å². The number of hydrogen-bond donors (Lipinski definition) is 0. The molecule has 2 rings (SSSR count). The summed E-state index contributed by atoms with van der Waals surface area (Å²) in [6.45, 7) is 0. The molecular formula is C12H9IN2Te. The van der Waals surface area contributed by atoms with Crippen molar-refractivity contribution in [3.8, 4) is 0 Å². The number of azo groups is 1. The summed E-state index contributed by atoms with van der Waals surface area (Å²) in [7, 11) is 0. The van der Waals surface area contributed by atoms with Crippen LogP contribution in [-0.4, -0.2) is 17.0 Å². The Bertz CT molecular complexity index is 485. The molecular weight excluding hydrogens is 427 g/mol. The minimum atomic E-state index is -0.147. The number of nitrogens with zero attached hydrogens (tertiary/aromatic N) is 2. The van der Waals surface area contributed by atoms with E-state index in [0.717, 1.165) is 11.4 Å². The number of halogens is 1. The van der Waals surface area contributed by atoms with Gasteiger partial charge in [-0.15, -0.1) is 0 Å². The molecule has 2 aromatic carbocycles. The van der Waals surface area contributed by atoms with E-state index in [1.807, 2.05) is 42.5 Å². The van der Waals surface area contributed by atoms with Crippen molar-refractivity contribution in [2.45, 2.75) is 0 Å². The maximum atomic E-state index is 4.30. The van der Waals surface area contributed by atoms with E-state index < -0.39 is 0 Å². The minimum absolute atomic E-state index is 0.147. The van der Waals surface area contributed by atoms with Crippen molar-refractivity contribution in [2.24, 2.45) is 10.2 Å². The molecule has 0 saturated carbocycles. The van der Waals surface area contributed by atoms with E-state index in [1.54, 1.807) is 0 Å². The summed E-state index contributed by atoms with van der Waals surface area (Å²) in [6.07, 6.45) is 0. The van der Waals surface area contributed by atoms with Crippen molar-refractivity contribution in [2.75, 3.05) is 0 Å². The topological polar surface area (TPSA) is 24.7 Å². The Kier molecular flexibility index (Phi) is 4.76. The summed E-state index contributed by atoms with van der Waals surface area (Å²) in [4.78, 5) is 0. The molecule has 0 N–H and O–H groups in total. The molecule has 4 heteroatoms. The van der Waals surface area contributed by atoms with Gasteiger partial charge in [0.25, 0.3) is 0 Å². The third-order valence-electron chi connectivity index (χ3n) is 1.98. The second-order valence-electron chi connectivity index (χ2n) is 3.08. The summed E-state index contributed by atoms with van der Waals surface area (Å²) < 4.78 is 1.34. The Hall–Kier alpha value is -0.440. The van der Waals surface area contributed by atoms with Crippen LogP contribution >= 0.6 is 18.7 Å². The van der Waals surface area contributed by atoms with Crippen molar-refractivity contribution in [3.63, 3.8) is 0 Å². The second-order valence-corrected chi connectivity index (χ2v) is 7.73. The van der Waals surface area contributed by atoms with E-state index in [2.05, 4.69) is 41.1 Å². The maximum absolute atomic E-state index is 4.30. The molecule has 80 valence electrons. The zero-order valence-electron chi connectivity index (χ0n) is 8.38. The predicted octanol–water partition coefficient (Wildman–Crippen LogP) is 3.78. The summed E-state index contributed by atoms with van der Waals surface area (Å²) in [5.41, 5.74) is 1.90. The number of hydrogen-bond acceptors (Lipinski definition) is 2. The third kappa shape index (κ3) is 3.27. The first-order valence-corrected chi connectivity index (χ1v) is 12.7. The molecule has 0 fully saturated rings. The number of rotatable bonds is 3. The molecule has 0 radical (unpaired) electrons. The van der Waals surface area contributed by atoms with Gasteiger partial charge in [-0.1, -0.05) is 0 Å². The van der Waals surface area contributed by atoms with Crippen LogP contribution in [-0.2, 0) is 0 Å². The molecule has 0 amide bonds. The molecule has 0 heterocycles. The van der Waals surface area contributed by atoms with E-state index in [1.165, 1.54) is 3.61 Å². The first-order valence-electron chi connectivity index (χ1n) is 4.74. The summed E-state index contributed by atoms with van der Waals surface area (Å²) >= 11 is 2.31. The average molecular weight is 436 g/mol. The fourth-order valence-electron chi connectivity index (χ4n) is 1.21. The fourth-order valence-corrected chi connectivity index (χ4v) is 4.62. The van der Waals surface area contributed by atoms with E-state index in [9.17, 15) is 0 Å². The summed E-state index contributed by atoms with van der Waals surface area (Å²) in [5, 5.41) is 8.53. The van der Waals surface area contributed by atoms with Crippen molar-refractivity contribution >= 4 is 50.7 Å². The van der Waals surface area contributed by atoms with E-state index in [-0.39, 0.29) is 17.0 Å². The van der Waals surface area contributed by atoms with Crippen LogP contribution in [0.25, 0.3) is 0 Å². The van der Waals surface area contributed by atoms with Gasteiger partial charge in [0.2, 0.25) is 0 Å². The van der Waals surface area contributed by atoms with Gasteiger partial charge in [0, 0.05) is 0 Å². The Morgan fingerprint density at radius 2 is 1.50 bits per heavy atom. The zero-order valence-corrected chi connectivity index (χ0v) is 12.9. The van der Waals surface area contributed by atoms with Crippen LogP contribution in [0.4, 0.5) is 11.4 Å². The molecule has 0 unspecified atom stereocenters. The van der Waals surface area contributed by atoms with Gasteiger partial charge in [-0.2, -0.15) is 0 Å². The van der Waals surface area contributed by atoms with Crippen LogP contribution in [0.15, 0.2) is 64.8 Å². The van der Waals surface area contributed by atoms with Crippen LogP contribution < -0.4 is 3.61 Å². The van der Waals surface area contributed by atoms with Gasteiger partial charge >= 0.3 is 115 Å². The Labute approximate surface area is 115 Å². The second kappa shape index (κ2) is 6.33. The van der Waals surface area contributed by atoms with E-state index in [0.29, 0.717) is 0 Å². The van der Waals surface area contributed by atoms with Crippen LogP contribution in [0.1, 0.15) is 0 Å². The first-order chi connectivity index (χ1) is 7.90. The van der Waals surface area contributed by atoms with Gasteiger partial charge in [0.1, 0.15) is 0 Å². The van der Waals surface area contributed by atoms with Gasteiger partial charge in [-0.25, -0.2) is 0 Å². The van der Waals surface area contributed by atoms with Crippen molar-refractivity contribution in [1.29, 1.82) is 0 Å². The number of benzene rings is 2. The molecule has 2 nitrogen and oxygen atoms in total. The Morgan fingerprint density at radius 3 is 2.25 bits per heavy atom. The molecule has 0 aliphatic heterocycles. The van der Waals surface area contributed by atoms with Crippen molar-refractivity contribution in [1.82, 2.24) is 0 Å². The molecule has 0 atom stereocenters. The van der Waals surface area contributed by atoms with Gasteiger partial charge in [-0.3, -0.25) is 0 Å². The van der Waals surface area contributed by atoms with Crippen molar-refractivity contribution in [3.05, 3.63) is 54.6 Å². The van der Waals surface area contributed by atoms with Gasteiger partial charge in [-0.05, 0) is 0 Å². The average Bonchev–Trinajstić information content (AvgIpc) is 2.38. The summed E-state index contributed by atoms with van der Waals surface area (Å²) in [5.74, 6) is 0. The molecule has 0 saturated heterocycles. The fraction of sp³-hybridized carbons (Fsp3) is 0. The van der Waals surface area contributed by atoms with Gasteiger partial charge in [0.05, 0.1) is 0 Å². The quantitative estimate of drug-likeness (QED) is 0.398. The molecule has 0 aliphatic rings. The van der Waals surface area contributed by atoms with Crippen LogP contribution in [0, 0.1) is 0 Å². The van der Waals surface area contributed by atoms with Gasteiger partial charge < -0.3 is 0 Å². The predicted molar refractivity (Wildman–Crippen MR) is 76.5 cm³/mol. The Balaban J connectivity index is 2.24. The Morgan fingerprint density at radius 1 is 0.812 bits per heavy atom. The van der Waals surface area contributed by atoms with Crippen molar-refractivity contribution < 1.29 is 0 Å². The molecule has 0 bridgehead atoms. The summed E-state index contributed by atoms with van der Waals surface area (Å²) in [6, 6.07) is 18.0. The third-order valence-corrected chi connectivity index (χ3v) is 6.62. The molecule has 0 aliphatic carbocycles. The standard InChI is InChI=1S/C12H9IN2Te/c13-16-12-9-5-4-8-11(12)15-14-10-6-2-1-3-7-10/h1-9H. The molecule has 0 aromatic heterocycles. The molecule has 2 aromatic rings. The monoisotopic (exact) mass is 438 g/mol. The SMILES string of the molecule is I[Te]c1ccccc1N=Nc1ccccc1. The first kappa shape index (κ1) is 12.0. The molecule has 0 spiro atoms.